The maximum absolute atomic E-state index is 13.6. The van der Waals surface area contributed by atoms with E-state index in [0.29, 0.717) is 25.3 Å². The van der Waals surface area contributed by atoms with E-state index in [0.717, 1.165) is 0 Å². The highest BCUT2D eigenvalue weighted by molar-refractivity contribution is 7.89. The summed E-state index contributed by atoms with van der Waals surface area (Å²) in [4.78, 5) is 0.123. The molecule has 1 N–H and O–H groups in total. The summed E-state index contributed by atoms with van der Waals surface area (Å²) in [6.45, 7) is 3.17. The van der Waals surface area contributed by atoms with Gasteiger partial charge >= 0.3 is 0 Å². The van der Waals surface area contributed by atoms with Crippen molar-refractivity contribution in [3.8, 4) is 0 Å². The van der Waals surface area contributed by atoms with Gasteiger partial charge in [0.05, 0.1) is 18.1 Å². The number of rotatable bonds is 4. The predicted molar refractivity (Wildman–Crippen MR) is 73.3 cm³/mol. The molecule has 0 saturated carbocycles. The molecule has 20 heavy (non-hydrogen) atoms. The average Bonchev–Trinajstić information content (AvgIpc) is 2.41. The topological polar surface area (TPSA) is 58.6 Å². The zero-order valence-electron chi connectivity index (χ0n) is 11.6. The molecule has 1 unspecified atom stereocenters. The van der Waals surface area contributed by atoms with Gasteiger partial charge < -0.3 is 10.1 Å². The number of halogens is 1. The van der Waals surface area contributed by atoms with Crippen molar-refractivity contribution in [1.29, 1.82) is 0 Å². The standard InChI is InChI=1S/C13H19FN2O3S/c1-10-9-19-6-5-16(10)20(17,18)12-3-4-13(14)11(7-12)8-15-2/h3-4,7,10,15H,5-6,8-9H2,1-2H3. The smallest absolute Gasteiger partial charge is 0.243 e. The third kappa shape index (κ3) is 3.01. The molecule has 0 aliphatic carbocycles. The second kappa shape index (κ2) is 6.17. The molecule has 1 aliphatic rings. The van der Waals surface area contributed by atoms with Crippen LogP contribution in [0.2, 0.25) is 0 Å². The first-order valence-electron chi connectivity index (χ1n) is 6.49. The van der Waals surface area contributed by atoms with Crippen molar-refractivity contribution in [2.75, 3.05) is 26.8 Å². The molecule has 0 spiro atoms. The van der Waals surface area contributed by atoms with Gasteiger partial charge in [-0.25, -0.2) is 12.8 Å². The Morgan fingerprint density at radius 2 is 2.25 bits per heavy atom. The number of morpholine rings is 1. The van der Waals surface area contributed by atoms with Gasteiger partial charge in [-0.1, -0.05) is 0 Å². The van der Waals surface area contributed by atoms with Crippen molar-refractivity contribution in [2.24, 2.45) is 0 Å². The molecular formula is C13H19FN2O3S. The molecule has 2 rings (SSSR count). The van der Waals surface area contributed by atoms with Crippen LogP contribution < -0.4 is 5.32 Å². The monoisotopic (exact) mass is 302 g/mol. The molecule has 7 heteroatoms. The number of sulfonamides is 1. The summed E-state index contributed by atoms with van der Waals surface area (Å²) < 4.78 is 45.4. The highest BCUT2D eigenvalue weighted by Gasteiger charge is 2.31. The fourth-order valence-corrected chi connectivity index (χ4v) is 3.89. The SMILES string of the molecule is CNCc1cc(S(=O)(=O)N2CCOCC2C)ccc1F. The van der Waals surface area contributed by atoms with Crippen LogP contribution in [0.15, 0.2) is 23.1 Å². The number of ether oxygens (including phenoxy) is 1. The molecule has 0 bridgehead atoms. The summed E-state index contributed by atoms with van der Waals surface area (Å²) in [6.07, 6.45) is 0. The summed E-state index contributed by atoms with van der Waals surface area (Å²) in [6, 6.07) is 3.69. The molecule has 1 aromatic rings. The quantitative estimate of drug-likeness (QED) is 0.900. The van der Waals surface area contributed by atoms with E-state index in [-0.39, 0.29) is 17.5 Å². The summed E-state index contributed by atoms with van der Waals surface area (Å²) >= 11 is 0. The molecule has 0 amide bonds. The third-order valence-electron chi connectivity index (χ3n) is 3.30. The summed E-state index contributed by atoms with van der Waals surface area (Å²) in [7, 11) is -1.92. The van der Waals surface area contributed by atoms with E-state index in [2.05, 4.69) is 5.32 Å². The number of nitrogens with zero attached hydrogens (tertiary/aromatic N) is 1. The van der Waals surface area contributed by atoms with Crippen LogP contribution in [0.5, 0.6) is 0 Å². The van der Waals surface area contributed by atoms with Gasteiger partial charge in [0.15, 0.2) is 0 Å². The zero-order valence-corrected chi connectivity index (χ0v) is 12.4. The Kier molecular flexibility index (Phi) is 4.74. The normalized spacial score (nSPS) is 21.1. The zero-order chi connectivity index (χ0) is 14.8. The van der Waals surface area contributed by atoms with Crippen molar-refractivity contribution in [3.63, 3.8) is 0 Å². The first-order valence-corrected chi connectivity index (χ1v) is 7.93. The average molecular weight is 302 g/mol. The second-order valence-electron chi connectivity index (χ2n) is 4.82. The van der Waals surface area contributed by atoms with Crippen molar-refractivity contribution < 1.29 is 17.5 Å². The maximum atomic E-state index is 13.6. The van der Waals surface area contributed by atoms with Gasteiger partial charge in [-0.2, -0.15) is 4.31 Å². The molecule has 1 saturated heterocycles. The minimum Gasteiger partial charge on any atom is -0.378 e. The van der Waals surface area contributed by atoms with Gasteiger partial charge in [-0.3, -0.25) is 0 Å². The van der Waals surface area contributed by atoms with E-state index in [1.54, 1.807) is 14.0 Å². The molecule has 5 nitrogen and oxygen atoms in total. The summed E-state index contributed by atoms with van der Waals surface area (Å²) in [5.74, 6) is -0.409. The minimum absolute atomic E-state index is 0.123. The molecule has 0 aromatic heterocycles. The van der Waals surface area contributed by atoms with Crippen LogP contribution in [0.1, 0.15) is 12.5 Å². The molecule has 1 aliphatic heterocycles. The third-order valence-corrected chi connectivity index (χ3v) is 5.31. The molecule has 112 valence electrons. The highest BCUT2D eigenvalue weighted by Crippen LogP contribution is 2.22. The minimum atomic E-state index is -3.61. The lowest BCUT2D eigenvalue weighted by Gasteiger charge is -2.32. The van der Waals surface area contributed by atoms with Crippen LogP contribution in [-0.4, -0.2) is 45.6 Å². The van der Waals surface area contributed by atoms with E-state index < -0.39 is 15.8 Å². The molecule has 1 atom stereocenters. The molecule has 1 aromatic carbocycles. The molecule has 1 heterocycles. The van der Waals surface area contributed by atoms with E-state index in [1.807, 2.05) is 0 Å². The summed E-state index contributed by atoms with van der Waals surface area (Å²) in [5.41, 5.74) is 0.342. The Balaban J connectivity index is 2.36. The van der Waals surface area contributed by atoms with Crippen molar-refractivity contribution in [3.05, 3.63) is 29.6 Å². The van der Waals surface area contributed by atoms with Crippen molar-refractivity contribution in [1.82, 2.24) is 9.62 Å². The number of hydrogen-bond donors (Lipinski definition) is 1. The first kappa shape index (κ1) is 15.4. The first-order chi connectivity index (χ1) is 9.46. The Morgan fingerprint density at radius 1 is 1.50 bits per heavy atom. The fraction of sp³-hybridized carbons (Fsp3) is 0.538. The fourth-order valence-electron chi connectivity index (χ4n) is 2.24. The van der Waals surface area contributed by atoms with Crippen LogP contribution in [0.3, 0.4) is 0 Å². The maximum Gasteiger partial charge on any atom is 0.243 e. The lowest BCUT2D eigenvalue weighted by Crippen LogP contribution is -2.46. The van der Waals surface area contributed by atoms with Crippen molar-refractivity contribution in [2.45, 2.75) is 24.4 Å². The van der Waals surface area contributed by atoms with E-state index in [4.69, 9.17) is 4.74 Å². The van der Waals surface area contributed by atoms with Crippen molar-refractivity contribution >= 4 is 10.0 Å². The van der Waals surface area contributed by atoms with Gasteiger partial charge in [0.2, 0.25) is 10.0 Å². The highest BCUT2D eigenvalue weighted by atomic mass is 32.2. The Bertz CT molecular complexity index is 577. The van der Waals surface area contributed by atoms with Crippen LogP contribution >= 0.6 is 0 Å². The Labute approximate surface area is 118 Å². The van der Waals surface area contributed by atoms with Gasteiger partial charge in [0, 0.05) is 24.7 Å². The van der Waals surface area contributed by atoms with Gasteiger partial charge in [0.1, 0.15) is 5.82 Å². The van der Waals surface area contributed by atoms with Crippen LogP contribution in [-0.2, 0) is 21.3 Å². The van der Waals surface area contributed by atoms with E-state index >= 15 is 0 Å². The summed E-state index contributed by atoms with van der Waals surface area (Å²) in [5, 5.41) is 2.82. The largest absolute Gasteiger partial charge is 0.378 e. The van der Waals surface area contributed by atoms with Gasteiger partial charge in [-0.05, 0) is 32.2 Å². The van der Waals surface area contributed by atoms with Crippen LogP contribution in [0.25, 0.3) is 0 Å². The van der Waals surface area contributed by atoms with E-state index in [1.165, 1.54) is 22.5 Å². The van der Waals surface area contributed by atoms with E-state index in [9.17, 15) is 12.8 Å². The second-order valence-corrected chi connectivity index (χ2v) is 6.71. The number of hydrogen-bond acceptors (Lipinski definition) is 4. The Morgan fingerprint density at radius 3 is 2.90 bits per heavy atom. The van der Waals surface area contributed by atoms with Gasteiger partial charge in [-0.15, -0.1) is 0 Å². The Hall–Kier alpha value is -1.02. The van der Waals surface area contributed by atoms with Crippen LogP contribution in [0, 0.1) is 5.82 Å². The molecule has 1 fully saturated rings. The number of benzene rings is 1. The number of nitrogens with one attached hydrogen (secondary N) is 1. The predicted octanol–water partition coefficient (Wildman–Crippen LogP) is 0.955. The molecular weight excluding hydrogens is 283 g/mol. The van der Waals surface area contributed by atoms with Crippen LogP contribution in [0.4, 0.5) is 4.39 Å². The lowest BCUT2D eigenvalue weighted by molar-refractivity contribution is 0.0392. The molecule has 0 radical (unpaired) electrons. The lowest BCUT2D eigenvalue weighted by atomic mass is 10.2. The van der Waals surface area contributed by atoms with Gasteiger partial charge in [0.25, 0.3) is 0 Å².